The van der Waals surface area contributed by atoms with Crippen LogP contribution in [0.25, 0.3) is 6.08 Å². The molecule has 0 saturated carbocycles. The highest BCUT2D eigenvalue weighted by Crippen LogP contribution is 2.33. The number of carbonyl (C=O) groups excluding carboxylic acids is 2. The first kappa shape index (κ1) is 22.2. The van der Waals surface area contributed by atoms with Crippen molar-refractivity contribution in [3.63, 3.8) is 0 Å². The smallest absolute Gasteiger partial charge is 0.293 e. The van der Waals surface area contributed by atoms with Gasteiger partial charge in [-0.05, 0) is 65.4 Å². The molecule has 3 aromatic rings. The Morgan fingerprint density at radius 1 is 0.844 bits per heavy atom. The van der Waals surface area contributed by atoms with Crippen LogP contribution < -0.4 is 9.47 Å². The maximum atomic E-state index is 12.8. The van der Waals surface area contributed by atoms with Crippen molar-refractivity contribution in [3.8, 4) is 11.5 Å². The van der Waals surface area contributed by atoms with Crippen LogP contribution in [0, 0.1) is 0 Å². The molecule has 3 aromatic carbocycles. The highest BCUT2D eigenvalue weighted by molar-refractivity contribution is 9.10. The summed E-state index contributed by atoms with van der Waals surface area (Å²) >= 11 is 4.34. The van der Waals surface area contributed by atoms with Gasteiger partial charge in [-0.25, -0.2) is 0 Å². The highest BCUT2D eigenvalue weighted by Gasteiger charge is 2.34. The fourth-order valence-electron chi connectivity index (χ4n) is 3.09. The zero-order valence-electron chi connectivity index (χ0n) is 17.1. The average Bonchev–Trinajstić information content (AvgIpc) is 3.06. The lowest BCUT2D eigenvalue weighted by Crippen LogP contribution is -2.27. The minimum atomic E-state index is -0.287. The quantitative estimate of drug-likeness (QED) is 0.269. The van der Waals surface area contributed by atoms with E-state index in [2.05, 4.69) is 15.9 Å². The molecule has 1 heterocycles. The third kappa shape index (κ3) is 5.81. The number of rotatable bonds is 8. The van der Waals surface area contributed by atoms with E-state index >= 15 is 0 Å². The summed E-state index contributed by atoms with van der Waals surface area (Å²) in [5, 5.41) is -0.269. The van der Waals surface area contributed by atoms with Gasteiger partial charge in [-0.15, -0.1) is 0 Å². The number of hydrogen-bond acceptors (Lipinski definition) is 5. The minimum absolute atomic E-state index is 0.250. The molecule has 0 N–H and O–H groups in total. The van der Waals surface area contributed by atoms with Crippen LogP contribution >= 0.6 is 27.7 Å². The second kappa shape index (κ2) is 10.5. The number of imide groups is 1. The Labute approximate surface area is 199 Å². The Morgan fingerprint density at radius 2 is 1.53 bits per heavy atom. The van der Waals surface area contributed by atoms with Crippen molar-refractivity contribution in [1.29, 1.82) is 0 Å². The molecule has 1 aliphatic heterocycles. The number of amides is 2. The average molecular weight is 510 g/mol. The number of benzene rings is 3. The van der Waals surface area contributed by atoms with E-state index in [9.17, 15) is 9.59 Å². The van der Waals surface area contributed by atoms with Gasteiger partial charge >= 0.3 is 0 Å². The van der Waals surface area contributed by atoms with E-state index in [0.29, 0.717) is 23.9 Å². The number of ether oxygens (including phenoxy) is 2. The van der Waals surface area contributed by atoms with Crippen molar-refractivity contribution >= 4 is 44.9 Å². The van der Waals surface area contributed by atoms with Crippen LogP contribution in [0.15, 0.2) is 88.2 Å². The summed E-state index contributed by atoms with van der Waals surface area (Å²) in [7, 11) is 0. The normalized spacial score (nSPS) is 14.8. The van der Waals surface area contributed by atoms with E-state index in [4.69, 9.17) is 9.47 Å². The molecule has 2 amide bonds. The molecule has 0 atom stereocenters. The van der Waals surface area contributed by atoms with E-state index in [0.717, 1.165) is 33.1 Å². The van der Waals surface area contributed by atoms with Crippen molar-refractivity contribution in [3.05, 3.63) is 99.4 Å². The molecule has 0 bridgehead atoms. The Bertz CT molecular complexity index is 1130. The van der Waals surface area contributed by atoms with Crippen molar-refractivity contribution in [2.75, 3.05) is 13.2 Å². The molecule has 0 aliphatic carbocycles. The van der Waals surface area contributed by atoms with Crippen LogP contribution in [-0.4, -0.2) is 29.3 Å². The van der Waals surface area contributed by atoms with Gasteiger partial charge in [0.25, 0.3) is 11.1 Å². The second-order valence-corrected chi connectivity index (χ2v) is 8.89. The van der Waals surface area contributed by atoms with Gasteiger partial charge in [-0.1, -0.05) is 58.4 Å². The second-order valence-electron chi connectivity index (χ2n) is 6.98. The largest absolute Gasteiger partial charge is 0.490 e. The molecule has 0 spiro atoms. The predicted octanol–water partition coefficient (Wildman–Crippen LogP) is 6.14. The Hall–Kier alpha value is -3.03. The Kier molecular flexibility index (Phi) is 7.29. The van der Waals surface area contributed by atoms with Crippen molar-refractivity contribution in [1.82, 2.24) is 4.90 Å². The SMILES string of the molecule is O=C1S/C(=C\c2cccc(OCCOc3ccccc3)c2)C(=O)N1Cc1ccc(Br)cc1. The number of nitrogens with zero attached hydrogens (tertiary/aromatic N) is 1. The van der Waals surface area contributed by atoms with Crippen LogP contribution in [0.4, 0.5) is 4.79 Å². The lowest BCUT2D eigenvalue weighted by atomic mass is 10.2. The Morgan fingerprint density at radius 3 is 2.28 bits per heavy atom. The Balaban J connectivity index is 1.36. The third-order valence-corrected chi connectivity index (χ3v) is 6.08. The maximum Gasteiger partial charge on any atom is 0.293 e. The van der Waals surface area contributed by atoms with Gasteiger partial charge in [0, 0.05) is 4.47 Å². The minimum Gasteiger partial charge on any atom is -0.490 e. The molecule has 7 heteroatoms. The summed E-state index contributed by atoms with van der Waals surface area (Å²) in [6.07, 6.45) is 1.72. The van der Waals surface area contributed by atoms with E-state index < -0.39 is 0 Å². The lowest BCUT2D eigenvalue weighted by Gasteiger charge is -2.12. The summed E-state index contributed by atoms with van der Waals surface area (Å²) in [4.78, 5) is 26.8. The van der Waals surface area contributed by atoms with Crippen LogP contribution in [-0.2, 0) is 11.3 Å². The van der Waals surface area contributed by atoms with Gasteiger partial charge in [0.1, 0.15) is 24.7 Å². The molecule has 1 aliphatic rings. The van der Waals surface area contributed by atoms with E-state index in [1.54, 1.807) is 6.08 Å². The van der Waals surface area contributed by atoms with Crippen LogP contribution in [0.3, 0.4) is 0 Å². The molecule has 162 valence electrons. The first-order valence-corrected chi connectivity index (χ1v) is 11.6. The molecular formula is C25H20BrNO4S. The standard InChI is InChI=1S/C25H20BrNO4S/c26-20-11-9-18(10-12-20)17-27-24(28)23(32-25(27)29)16-19-5-4-8-22(15-19)31-14-13-30-21-6-2-1-3-7-21/h1-12,15-16H,13-14,17H2/b23-16-. The molecule has 1 fully saturated rings. The summed E-state index contributed by atoms with van der Waals surface area (Å²) in [6.45, 7) is 1.06. The van der Waals surface area contributed by atoms with Crippen molar-refractivity contribution in [2.24, 2.45) is 0 Å². The summed E-state index contributed by atoms with van der Waals surface area (Å²) < 4.78 is 12.3. The van der Waals surface area contributed by atoms with Crippen LogP contribution in [0.2, 0.25) is 0 Å². The topological polar surface area (TPSA) is 55.8 Å². The first-order valence-electron chi connectivity index (χ1n) is 9.99. The van der Waals surface area contributed by atoms with Crippen molar-refractivity contribution < 1.29 is 19.1 Å². The molecule has 1 saturated heterocycles. The van der Waals surface area contributed by atoms with Crippen molar-refractivity contribution in [2.45, 2.75) is 6.54 Å². The molecule has 5 nitrogen and oxygen atoms in total. The van der Waals surface area contributed by atoms with Crippen LogP contribution in [0.1, 0.15) is 11.1 Å². The van der Waals surface area contributed by atoms with Gasteiger partial charge in [-0.3, -0.25) is 14.5 Å². The fraction of sp³-hybridized carbons (Fsp3) is 0.120. The number of halogens is 1. The van der Waals surface area contributed by atoms with Gasteiger partial charge in [0.2, 0.25) is 0 Å². The lowest BCUT2D eigenvalue weighted by molar-refractivity contribution is -0.123. The monoisotopic (exact) mass is 509 g/mol. The molecule has 0 aromatic heterocycles. The van der Waals surface area contributed by atoms with Gasteiger partial charge in [-0.2, -0.15) is 0 Å². The highest BCUT2D eigenvalue weighted by atomic mass is 79.9. The first-order chi connectivity index (χ1) is 15.6. The van der Waals surface area contributed by atoms with E-state index in [1.165, 1.54) is 4.90 Å². The maximum absolute atomic E-state index is 12.8. The van der Waals surface area contributed by atoms with E-state index in [1.807, 2.05) is 78.9 Å². The summed E-state index contributed by atoms with van der Waals surface area (Å²) in [5.41, 5.74) is 1.69. The number of carbonyl (C=O) groups is 2. The zero-order chi connectivity index (χ0) is 22.3. The number of thioether (sulfide) groups is 1. The van der Waals surface area contributed by atoms with Gasteiger partial charge < -0.3 is 9.47 Å². The third-order valence-electron chi connectivity index (χ3n) is 4.65. The van der Waals surface area contributed by atoms with Crippen LogP contribution in [0.5, 0.6) is 11.5 Å². The molecular weight excluding hydrogens is 490 g/mol. The fourth-order valence-corrected chi connectivity index (χ4v) is 4.19. The molecule has 32 heavy (non-hydrogen) atoms. The number of para-hydroxylation sites is 1. The van der Waals surface area contributed by atoms with Gasteiger partial charge in [0.15, 0.2) is 0 Å². The summed E-state index contributed by atoms with van der Waals surface area (Å²) in [6, 6.07) is 24.5. The summed E-state index contributed by atoms with van der Waals surface area (Å²) in [5.74, 6) is 1.18. The van der Waals surface area contributed by atoms with E-state index in [-0.39, 0.29) is 17.7 Å². The zero-order valence-corrected chi connectivity index (χ0v) is 19.5. The predicted molar refractivity (Wildman–Crippen MR) is 130 cm³/mol. The molecule has 0 unspecified atom stereocenters. The van der Waals surface area contributed by atoms with Gasteiger partial charge in [0.05, 0.1) is 11.4 Å². The molecule has 4 rings (SSSR count). The molecule has 0 radical (unpaired) electrons. The number of hydrogen-bond donors (Lipinski definition) is 0.